The number of ether oxygens (including phenoxy) is 7. The molecule has 0 aliphatic carbocycles. The quantitative estimate of drug-likeness (QED) is 0.0393. The summed E-state index contributed by atoms with van der Waals surface area (Å²) in [6.45, 7) is 14.1. The van der Waals surface area contributed by atoms with Crippen molar-refractivity contribution in [1.82, 2.24) is 0 Å². The van der Waals surface area contributed by atoms with Crippen LogP contribution in [0.2, 0.25) is 0 Å². The van der Waals surface area contributed by atoms with Gasteiger partial charge in [0.25, 0.3) is 0 Å². The van der Waals surface area contributed by atoms with Gasteiger partial charge in [-0.1, -0.05) is 64.5 Å². The molecule has 0 aliphatic rings. The first-order valence-corrected chi connectivity index (χ1v) is 18.6. The molecule has 0 bridgehead atoms. The Morgan fingerprint density at radius 3 is 1.06 bits per heavy atom. The van der Waals surface area contributed by atoms with Gasteiger partial charge in [0, 0.05) is 53.5 Å². The second-order valence-corrected chi connectivity index (χ2v) is 11.1. The average molecular weight is 707 g/mol. The largest absolute Gasteiger partial charge is 0.481 e. The third-order valence-electron chi connectivity index (χ3n) is 6.96. The lowest BCUT2D eigenvalue weighted by Crippen LogP contribution is -2.22. The molecule has 0 fully saturated rings. The smallest absolute Gasteiger partial charge is 0.303 e. The minimum Gasteiger partial charge on any atom is -0.481 e. The molecule has 0 aromatic carbocycles. The maximum absolute atomic E-state index is 9.37. The van der Waals surface area contributed by atoms with E-state index in [0.29, 0.717) is 26.4 Å². The predicted octanol–water partition coefficient (Wildman–Crippen LogP) is 9.28. The molecule has 0 radical (unpaired) electrons. The van der Waals surface area contributed by atoms with Crippen molar-refractivity contribution in [2.24, 2.45) is 0 Å². The van der Waals surface area contributed by atoms with Gasteiger partial charge in [-0.2, -0.15) is 0 Å². The lowest BCUT2D eigenvalue weighted by atomic mass is 10.1. The van der Waals surface area contributed by atoms with Crippen LogP contribution < -0.4 is 0 Å². The van der Waals surface area contributed by atoms with Crippen molar-refractivity contribution in [2.45, 2.75) is 169 Å². The monoisotopic (exact) mass is 707 g/mol. The predicted molar refractivity (Wildman–Crippen MR) is 196 cm³/mol. The van der Waals surface area contributed by atoms with Crippen LogP contribution in [-0.4, -0.2) is 88.0 Å². The highest BCUT2D eigenvalue weighted by Crippen LogP contribution is 2.14. The van der Waals surface area contributed by atoms with Crippen LogP contribution in [0, 0.1) is 0 Å². The summed E-state index contributed by atoms with van der Waals surface area (Å²) in [5.74, 6) is -1.49. The van der Waals surface area contributed by atoms with Gasteiger partial charge in [-0.05, 0) is 91.2 Å². The highest BCUT2D eigenvalue weighted by atomic mass is 16.8. The number of carbonyl (C=O) groups is 2. The summed E-state index contributed by atoms with van der Waals surface area (Å²) in [7, 11) is 3.32. The second kappa shape index (κ2) is 42.3. The number of carboxylic acid groups (broad SMARTS) is 2. The highest BCUT2D eigenvalue weighted by Gasteiger charge is 2.11. The highest BCUT2D eigenvalue weighted by molar-refractivity contribution is 5.66. The zero-order chi connectivity index (χ0) is 37.4. The van der Waals surface area contributed by atoms with Gasteiger partial charge in [-0.25, -0.2) is 0 Å². The van der Waals surface area contributed by atoms with Crippen LogP contribution in [-0.2, 0) is 42.7 Å². The van der Waals surface area contributed by atoms with Crippen molar-refractivity contribution in [3.8, 4) is 0 Å². The molecule has 49 heavy (non-hydrogen) atoms. The molecule has 0 saturated heterocycles. The number of carboxylic acids is 2. The lowest BCUT2D eigenvalue weighted by molar-refractivity contribution is -0.188. The molecule has 0 rings (SSSR count). The van der Waals surface area contributed by atoms with Crippen molar-refractivity contribution in [3.05, 3.63) is 24.3 Å². The molecule has 0 amide bonds. The van der Waals surface area contributed by atoms with Gasteiger partial charge in [-0.3, -0.25) is 9.59 Å². The molecule has 0 heterocycles. The summed E-state index contributed by atoms with van der Waals surface area (Å²) < 4.78 is 39.3. The van der Waals surface area contributed by atoms with Gasteiger partial charge < -0.3 is 43.4 Å². The van der Waals surface area contributed by atoms with Crippen LogP contribution >= 0.6 is 0 Å². The van der Waals surface area contributed by atoms with Crippen LogP contribution in [0.3, 0.4) is 0 Å². The number of rotatable bonds is 32. The molecule has 2 atom stereocenters. The summed E-state index contributed by atoms with van der Waals surface area (Å²) in [6, 6.07) is 0. The fourth-order valence-corrected chi connectivity index (χ4v) is 4.29. The molecule has 2 unspecified atom stereocenters. The van der Waals surface area contributed by atoms with E-state index in [-0.39, 0.29) is 25.4 Å². The van der Waals surface area contributed by atoms with E-state index < -0.39 is 24.5 Å². The SMILES string of the molecule is CCC(=O)O.CCC(=O)O.CCOC(CCCCCCCC=CC(OC)OC(C=CCCCCCCCC(OCC)OCC)OC)OCC. The molecule has 11 heteroatoms. The minimum atomic E-state index is -0.745. The topological polar surface area (TPSA) is 139 Å². The van der Waals surface area contributed by atoms with Gasteiger partial charge in [0.1, 0.15) is 0 Å². The Hall–Kier alpha value is -1.86. The van der Waals surface area contributed by atoms with E-state index in [9.17, 15) is 9.59 Å². The van der Waals surface area contributed by atoms with Crippen molar-refractivity contribution >= 4 is 11.9 Å². The Morgan fingerprint density at radius 1 is 0.510 bits per heavy atom. The number of methoxy groups -OCH3 is 2. The average Bonchev–Trinajstić information content (AvgIpc) is 3.09. The molecule has 292 valence electrons. The van der Waals surface area contributed by atoms with E-state index >= 15 is 0 Å². The Balaban J connectivity index is -0.00000183. The fourth-order valence-electron chi connectivity index (χ4n) is 4.29. The Labute approximate surface area is 299 Å². The zero-order valence-corrected chi connectivity index (χ0v) is 32.3. The first kappa shape index (κ1) is 51.5. The van der Waals surface area contributed by atoms with Gasteiger partial charge in [-0.15, -0.1) is 0 Å². The molecular formula is C38H74O11. The van der Waals surface area contributed by atoms with E-state index in [1.54, 1.807) is 28.1 Å². The molecule has 0 spiro atoms. The second-order valence-electron chi connectivity index (χ2n) is 11.1. The van der Waals surface area contributed by atoms with Gasteiger partial charge in [0.05, 0.1) is 0 Å². The Morgan fingerprint density at radius 2 is 0.796 bits per heavy atom. The van der Waals surface area contributed by atoms with E-state index in [4.69, 9.17) is 43.4 Å². The first-order chi connectivity index (χ1) is 23.7. The third kappa shape index (κ3) is 42.2. The summed E-state index contributed by atoms with van der Waals surface area (Å²) in [6.07, 6.45) is 23.8. The molecule has 0 saturated carbocycles. The van der Waals surface area contributed by atoms with Gasteiger partial charge in [0.15, 0.2) is 25.2 Å². The maximum atomic E-state index is 9.37. The fraction of sp³-hybridized carbons (Fsp3) is 0.842. The zero-order valence-electron chi connectivity index (χ0n) is 32.3. The van der Waals surface area contributed by atoms with Crippen LogP contribution in [0.5, 0.6) is 0 Å². The van der Waals surface area contributed by atoms with Crippen LogP contribution in [0.25, 0.3) is 0 Å². The number of hydrogen-bond acceptors (Lipinski definition) is 9. The van der Waals surface area contributed by atoms with Crippen LogP contribution in [0.1, 0.15) is 144 Å². The number of unbranched alkanes of at least 4 members (excludes halogenated alkanes) is 10. The maximum Gasteiger partial charge on any atom is 0.303 e. The molecule has 11 nitrogen and oxygen atoms in total. The Bertz CT molecular complexity index is 673. The lowest BCUT2D eigenvalue weighted by Gasteiger charge is -2.18. The molecule has 0 aromatic heterocycles. The summed E-state index contributed by atoms with van der Waals surface area (Å²) in [5.41, 5.74) is 0. The first-order valence-electron chi connectivity index (χ1n) is 18.6. The van der Waals surface area contributed by atoms with Crippen molar-refractivity contribution in [2.75, 3.05) is 40.6 Å². The standard InChI is InChI=1S/C32H62O7.2C3H6O2/c1-7-35-31(36-8-2)27-23-19-15-11-13-17-21-25-29(33-5)39-30(34-6)26-22-18-14-12-16-20-24-28-32(37-9-3)38-10-4;2*1-2-3(4)5/h21-22,25-26,29-32H,7-20,23-24,27-28H2,1-6H3;2*2H2,1H3,(H,4,5). The van der Waals surface area contributed by atoms with Crippen LogP contribution in [0.15, 0.2) is 24.3 Å². The minimum absolute atomic E-state index is 0.0410. The van der Waals surface area contributed by atoms with E-state index in [1.807, 2.05) is 39.8 Å². The summed E-state index contributed by atoms with van der Waals surface area (Å²) in [4.78, 5) is 18.7. The molecule has 0 aromatic rings. The summed E-state index contributed by atoms with van der Waals surface area (Å²) >= 11 is 0. The number of allylic oxidation sites excluding steroid dienone is 2. The molecule has 0 aliphatic heterocycles. The van der Waals surface area contributed by atoms with E-state index in [1.165, 1.54) is 51.4 Å². The van der Waals surface area contributed by atoms with Gasteiger partial charge in [0.2, 0.25) is 0 Å². The normalized spacial score (nSPS) is 12.6. The van der Waals surface area contributed by atoms with Gasteiger partial charge >= 0.3 is 11.9 Å². The van der Waals surface area contributed by atoms with Crippen molar-refractivity contribution < 1.29 is 53.0 Å². The number of aliphatic carboxylic acids is 2. The molecule has 2 N–H and O–H groups in total. The van der Waals surface area contributed by atoms with Crippen LogP contribution in [0.4, 0.5) is 0 Å². The van der Waals surface area contributed by atoms with Crippen molar-refractivity contribution in [1.29, 1.82) is 0 Å². The Kier molecular flexibility index (Phi) is 44.5. The molecular weight excluding hydrogens is 632 g/mol. The van der Waals surface area contributed by atoms with Crippen molar-refractivity contribution in [3.63, 3.8) is 0 Å². The van der Waals surface area contributed by atoms with E-state index in [2.05, 4.69) is 12.2 Å². The number of hydrogen-bond donors (Lipinski definition) is 2. The summed E-state index contributed by atoms with van der Waals surface area (Å²) in [5, 5.41) is 15.4. The third-order valence-corrected chi connectivity index (χ3v) is 6.96. The van der Waals surface area contributed by atoms with E-state index in [0.717, 1.165) is 38.5 Å².